The zero-order valence-corrected chi connectivity index (χ0v) is 16.2. The molecule has 1 amide bonds. The predicted molar refractivity (Wildman–Crippen MR) is 111 cm³/mol. The minimum atomic E-state index is 0.185. The van der Waals surface area contributed by atoms with Crippen molar-refractivity contribution in [1.82, 2.24) is 9.80 Å². The van der Waals surface area contributed by atoms with Crippen molar-refractivity contribution >= 4 is 5.91 Å². The largest absolute Gasteiger partial charge is 0.339 e. The number of benzene rings is 2. The number of carbonyl (C=O) groups excluding carboxylic acids is 1. The van der Waals surface area contributed by atoms with Crippen LogP contribution >= 0.6 is 0 Å². The van der Waals surface area contributed by atoms with Gasteiger partial charge < -0.3 is 4.90 Å². The summed E-state index contributed by atoms with van der Waals surface area (Å²) in [4.78, 5) is 17.5. The van der Waals surface area contributed by atoms with Crippen LogP contribution in [0.4, 0.5) is 0 Å². The molecule has 3 heteroatoms. The van der Waals surface area contributed by atoms with Gasteiger partial charge in [-0.05, 0) is 67.6 Å². The van der Waals surface area contributed by atoms with Crippen LogP contribution in [0.3, 0.4) is 0 Å². The van der Waals surface area contributed by atoms with Crippen LogP contribution in [0.2, 0.25) is 0 Å². The number of hydrogen-bond donors (Lipinski definition) is 0. The van der Waals surface area contributed by atoms with E-state index in [1.54, 1.807) is 0 Å². The van der Waals surface area contributed by atoms with Gasteiger partial charge in [0.15, 0.2) is 0 Å². The lowest BCUT2D eigenvalue weighted by Crippen LogP contribution is -2.31. The topological polar surface area (TPSA) is 23.6 Å². The number of rotatable bonds is 4. The second kappa shape index (κ2) is 8.71. The normalized spacial score (nSPS) is 18.4. The van der Waals surface area contributed by atoms with Crippen molar-refractivity contribution < 1.29 is 4.79 Å². The summed E-state index contributed by atoms with van der Waals surface area (Å²) in [6.07, 6.45) is 7.40. The molecule has 2 aliphatic rings. The molecule has 0 unspecified atom stereocenters. The smallest absolute Gasteiger partial charge is 0.253 e. The van der Waals surface area contributed by atoms with E-state index in [1.807, 2.05) is 17.0 Å². The highest BCUT2D eigenvalue weighted by molar-refractivity contribution is 5.95. The summed E-state index contributed by atoms with van der Waals surface area (Å²) in [7, 11) is 0. The highest BCUT2D eigenvalue weighted by atomic mass is 16.2. The first-order valence-corrected chi connectivity index (χ1v) is 10.5. The summed E-state index contributed by atoms with van der Waals surface area (Å²) >= 11 is 0. The van der Waals surface area contributed by atoms with E-state index in [-0.39, 0.29) is 5.91 Å². The van der Waals surface area contributed by atoms with E-state index in [0.717, 1.165) is 43.6 Å². The highest BCUT2D eigenvalue weighted by Gasteiger charge is 2.17. The van der Waals surface area contributed by atoms with Crippen LogP contribution in [0.1, 0.15) is 54.4 Å². The first kappa shape index (κ1) is 18.2. The zero-order chi connectivity index (χ0) is 18.5. The van der Waals surface area contributed by atoms with Crippen molar-refractivity contribution in [2.45, 2.75) is 45.1 Å². The zero-order valence-electron chi connectivity index (χ0n) is 16.2. The van der Waals surface area contributed by atoms with Crippen molar-refractivity contribution in [2.24, 2.45) is 0 Å². The van der Waals surface area contributed by atoms with Gasteiger partial charge in [-0.1, -0.05) is 49.2 Å². The summed E-state index contributed by atoms with van der Waals surface area (Å²) in [5.41, 5.74) is 4.50. The molecular formula is C24H30N2O. The second-order valence-electron chi connectivity index (χ2n) is 7.97. The molecule has 0 saturated carbocycles. The number of nitrogens with zero attached hydrogens (tertiary/aromatic N) is 2. The van der Waals surface area contributed by atoms with Gasteiger partial charge in [-0.25, -0.2) is 0 Å². The summed E-state index contributed by atoms with van der Waals surface area (Å²) < 4.78 is 0. The first-order valence-electron chi connectivity index (χ1n) is 10.5. The van der Waals surface area contributed by atoms with Crippen LogP contribution in [0.5, 0.6) is 0 Å². The third-order valence-corrected chi connectivity index (χ3v) is 5.89. The molecule has 2 fully saturated rings. The van der Waals surface area contributed by atoms with E-state index in [1.165, 1.54) is 49.9 Å². The molecule has 0 bridgehead atoms. The Morgan fingerprint density at radius 2 is 1.41 bits per heavy atom. The van der Waals surface area contributed by atoms with Gasteiger partial charge in [-0.2, -0.15) is 0 Å². The molecule has 2 aliphatic heterocycles. The Labute approximate surface area is 163 Å². The fourth-order valence-corrected chi connectivity index (χ4v) is 4.29. The fourth-order valence-electron chi connectivity index (χ4n) is 4.29. The molecular weight excluding hydrogens is 332 g/mol. The first-order chi connectivity index (χ1) is 13.3. The quantitative estimate of drug-likeness (QED) is 0.767. The van der Waals surface area contributed by atoms with E-state index < -0.39 is 0 Å². The third kappa shape index (κ3) is 4.59. The fraction of sp³-hybridized carbons (Fsp3) is 0.458. The van der Waals surface area contributed by atoms with E-state index in [2.05, 4.69) is 41.3 Å². The van der Waals surface area contributed by atoms with Gasteiger partial charge in [0.05, 0.1) is 0 Å². The SMILES string of the molecule is O=C(c1cccc(-c2ccc(CN3CCCC3)cc2)c1)N1CCCCCC1. The van der Waals surface area contributed by atoms with Gasteiger partial charge in [-0.15, -0.1) is 0 Å². The molecule has 27 heavy (non-hydrogen) atoms. The lowest BCUT2D eigenvalue weighted by Gasteiger charge is -2.20. The minimum Gasteiger partial charge on any atom is -0.339 e. The maximum atomic E-state index is 12.9. The summed E-state index contributed by atoms with van der Waals surface area (Å²) in [6.45, 7) is 5.29. The number of likely N-dealkylation sites (tertiary alicyclic amines) is 2. The van der Waals surface area contributed by atoms with Crippen molar-refractivity contribution in [3.8, 4) is 11.1 Å². The standard InChI is InChI=1S/C24H30N2O/c27-24(26-16-3-1-2-4-17-26)23-9-7-8-22(18-23)21-12-10-20(11-13-21)19-25-14-5-6-15-25/h7-13,18H,1-6,14-17,19H2. The van der Waals surface area contributed by atoms with Crippen molar-refractivity contribution in [3.63, 3.8) is 0 Å². The van der Waals surface area contributed by atoms with Gasteiger partial charge >= 0.3 is 0 Å². The summed E-state index contributed by atoms with van der Waals surface area (Å²) in [6, 6.07) is 17.0. The molecule has 142 valence electrons. The van der Waals surface area contributed by atoms with Crippen LogP contribution in [-0.4, -0.2) is 41.9 Å². The van der Waals surface area contributed by atoms with E-state index >= 15 is 0 Å². The third-order valence-electron chi connectivity index (χ3n) is 5.89. The average Bonchev–Trinajstić information content (AvgIpc) is 3.07. The molecule has 2 saturated heterocycles. The molecule has 2 heterocycles. The van der Waals surface area contributed by atoms with E-state index in [9.17, 15) is 4.79 Å². The summed E-state index contributed by atoms with van der Waals surface area (Å²) in [5.74, 6) is 0.185. The Balaban J connectivity index is 1.47. The lowest BCUT2D eigenvalue weighted by molar-refractivity contribution is 0.0761. The monoisotopic (exact) mass is 362 g/mol. The van der Waals surface area contributed by atoms with Gasteiger partial charge in [0.2, 0.25) is 0 Å². The van der Waals surface area contributed by atoms with Gasteiger partial charge in [0.1, 0.15) is 0 Å². The Hall–Kier alpha value is -2.13. The number of carbonyl (C=O) groups is 1. The molecule has 0 N–H and O–H groups in total. The van der Waals surface area contributed by atoms with Gasteiger partial charge in [0, 0.05) is 25.2 Å². The molecule has 0 radical (unpaired) electrons. The van der Waals surface area contributed by atoms with Crippen molar-refractivity contribution in [3.05, 3.63) is 59.7 Å². The van der Waals surface area contributed by atoms with Gasteiger partial charge in [0.25, 0.3) is 5.91 Å². The Bertz CT molecular complexity index is 754. The Kier molecular flexibility index (Phi) is 5.88. The van der Waals surface area contributed by atoms with E-state index in [4.69, 9.17) is 0 Å². The molecule has 0 aromatic heterocycles. The maximum absolute atomic E-state index is 12.9. The van der Waals surface area contributed by atoms with Crippen LogP contribution in [0, 0.1) is 0 Å². The molecule has 4 rings (SSSR count). The van der Waals surface area contributed by atoms with Crippen LogP contribution < -0.4 is 0 Å². The minimum absolute atomic E-state index is 0.185. The van der Waals surface area contributed by atoms with Crippen molar-refractivity contribution in [1.29, 1.82) is 0 Å². The molecule has 0 aliphatic carbocycles. The second-order valence-corrected chi connectivity index (χ2v) is 7.97. The molecule has 2 aromatic carbocycles. The maximum Gasteiger partial charge on any atom is 0.253 e. The molecule has 0 spiro atoms. The predicted octanol–water partition coefficient (Wildman–Crippen LogP) is 4.97. The van der Waals surface area contributed by atoms with Crippen LogP contribution in [0.15, 0.2) is 48.5 Å². The number of amides is 1. The Morgan fingerprint density at radius 3 is 2.11 bits per heavy atom. The average molecular weight is 363 g/mol. The highest BCUT2D eigenvalue weighted by Crippen LogP contribution is 2.23. The van der Waals surface area contributed by atoms with Crippen LogP contribution in [0.25, 0.3) is 11.1 Å². The molecule has 0 atom stereocenters. The molecule has 2 aromatic rings. The van der Waals surface area contributed by atoms with Crippen molar-refractivity contribution in [2.75, 3.05) is 26.2 Å². The molecule has 3 nitrogen and oxygen atoms in total. The number of hydrogen-bond acceptors (Lipinski definition) is 2. The van der Waals surface area contributed by atoms with Crippen LogP contribution in [-0.2, 0) is 6.54 Å². The lowest BCUT2D eigenvalue weighted by atomic mass is 10.0. The Morgan fingerprint density at radius 1 is 0.741 bits per heavy atom. The van der Waals surface area contributed by atoms with E-state index in [0.29, 0.717) is 0 Å². The summed E-state index contributed by atoms with van der Waals surface area (Å²) in [5, 5.41) is 0. The van der Waals surface area contributed by atoms with Gasteiger partial charge in [-0.3, -0.25) is 9.69 Å².